The fraction of sp³-hybridized carbons (Fsp3) is 0.385. The minimum Gasteiger partial charge on any atom is -0.495 e. The van der Waals surface area contributed by atoms with Crippen molar-refractivity contribution in [2.24, 2.45) is 5.73 Å². The van der Waals surface area contributed by atoms with Crippen molar-refractivity contribution < 1.29 is 14.3 Å². The molecule has 0 fully saturated rings. The van der Waals surface area contributed by atoms with E-state index in [4.69, 9.17) is 10.5 Å². The molecule has 1 aromatic carbocycles. The molecule has 98 valence electrons. The number of rotatable bonds is 4. The van der Waals surface area contributed by atoms with Gasteiger partial charge in [0.25, 0.3) is 11.8 Å². The minimum atomic E-state index is -0.609. The summed E-state index contributed by atoms with van der Waals surface area (Å²) in [5, 5.41) is 0. The molecule has 0 atom stereocenters. The van der Waals surface area contributed by atoms with Crippen molar-refractivity contribution in [1.82, 2.24) is 4.90 Å². The summed E-state index contributed by atoms with van der Waals surface area (Å²) >= 11 is 0. The van der Waals surface area contributed by atoms with Gasteiger partial charge in [-0.05, 0) is 18.1 Å². The minimum absolute atomic E-state index is 0.202. The highest BCUT2D eigenvalue weighted by Gasteiger charge is 2.23. The smallest absolute Gasteiger partial charge is 0.257 e. The van der Waals surface area contributed by atoms with E-state index in [2.05, 4.69) is 0 Å². The van der Waals surface area contributed by atoms with Crippen LogP contribution in [0.5, 0.6) is 5.75 Å². The standard InChI is InChI=1S/C13H18N2O3/c1-5-8-6-7-9(12(14)16)11(18-4)10(8)13(17)15(2)3/h6-7H,5H2,1-4H3,(H2,14,16). The second kappa shape index (κ2) is 5.53. The quantitative estimate of drug-likeness (QED) is 0.868. The van der Waals surface area contributed by atoms with E-state index in [1.165, 1.54) is 12.0 Å². The van der Waals surface area contributed by atoms with E-state index in [1.54, 1.807) is 26.2 Å². The van der Waals surface area contributed by atoms with Gasteiger partial charge >= 0.3 is 0 Å². The zero-order chi connectivity index (χ0) is 13.9. The molecule has 0 saturated heterocycles. The summed E-state index contributed by atoms with van der Waals surface area (Å²) in [5.41, 5.74) is 6.74. The zero-order valence-electron chi connectivity index (χ0n) is 11.1. The lowest BCUT2D eigenvalue weighted by atomic mass is 9.99. The number of hydrogen-bond acceptors (Lipinski definition) is 3. The summed E-state index contributed by atoms with van der Waals surface area (Å²) in [4.78, 5) is 25.0. The number of hydrogen-bond donors (Lipinski definition) is 1. The van der Waals surface area contributed by atoms with Crippen molar-refractivity contribution in [3.8, 4) is 5.75 Å². The Morgan fingerprint density at radius 1 is 1.33 bits per heavy atom. The first-order chi connectivity index (χ1) is 8.43. The van der Waals surface area contributed by atoms with Crippen LogP contribution in [0.1, 0.15) is 33.2 Å². The normalized spacial score (nSPS) is 10.0. The van der Waals surface area contributed by atoms with Gasteiger partial charge in [-0.1, -0.05) is 13.0 Å². The molecule has 2 N–H and O–H groups in total. The number of ether oxygens (including phenoxy) is 1. The van der Waals surface area contributed by atoms with Crippen LogP contribution in [-0.2, 0) is 6.42 Å². The lowest BCUT2D eigenvalue weighted by Gasteiger charge is -2.18. The summed E-state index contributed by atoms with van der Waals surface area (Å²) in [6.45, 7) is 1.94. The van der Waals surface area contributed by atoms with Crippen molar-refractivity contribution in [2.45, 2.75) is 13.3 Å². The molecule has 5 heteroatoms. The van der Waals surface area contributed by atoms with Gasteiger partial charge in [-0.2, -0.15) is 0 Å². The fourth-order valence-electron chi connectivity index (χ4n) is 1.78. The van der Waals surface area contributed by atoms with Gasteiger partial charge in [-0.15, -0.1) is 0 Å². The molecule has 0 unspecified atom stereocenters. The van der Waals surface area contributed by atoms with E-state index in [9.17, 15) is 9.59 Å². The molecule has 0 aliphatic rings. The van der Waals surface area contributed by atoms with E-state index in [-0.39, 0.29) is 17.2 Å². The number of carbonyl (C=O) groups is 2. The molecule has 5 nitrogen and oxygen atoms in total. The summed E-state index contributed by atoms with van der Waals surface area (Å²) in [7, 11) is 4.73. The van der Waals surface area contributed by atoms with Gasteiger partial charge in [0.1, 0.15) is 5.75 Å². The lowest BCUT2D eigenvalue weighted by Crippen LogP contribution is -2.25. The second-order valence-corrected chi connectivity index (χ2v) is 4.10. The van der Waals surface area contributed by atoms with Gasteiger partial charge in [0.05, 0.1) is 18.2 Å². The maximum absolute atomic E-state index is 12.2. The number of carbonyl (C=O) groups excluding carboxylic acids is 2. The summed E-state index contributed by atoms with van der Waals surface area (Å²) in [6, 6.07) is 3.33. The number of aryl methyl sites for hydroxylation is 1. The molecular weight excluding hydrogens is 232 g/mol. The summed E-state index contributed by atoms with van der Waals surface area (Å²) in [5.74, 6) is -0.561. The van der Waals surface area contributed by atoms with E-state index >= 15 is 0 Å². The Morgan fingerprint density at radius 3 is 2.33 bits per heavy atom. The van der Waals surface area contributed by atoms with Gasteiger partial charge in [-0.3, -0.25) is 9.59 Å². The first-order valence-corrected chi connectivity index (χ1v) is 5.65. The van der Waals surface area contributed by atoms with Crippen molar-refractivity contribution in [1.29, 1.82) is 0 Å². The summed E-state index contributed by atoms with van der Waals surface area (Å²) in [6.07, 6.45) is 0.671. The Hall–Kier alpha value is -2.04. The average molecular weight is 250 g/mol. The number of methoxy groups -OCH3 is 1. The van der Waals surface area contributed by atoms with E-state index < -0.39 is 5.91 Å². The largest absolute Gasteiger partial charge is 0.495 e. The summed E-state index contributed by atoms with van der Waals surface area (Å²) < 4.78 is 5.20. The van der Waals surface area contributed by atoms with Crippen LogP contribution < -0.4 is 10.5 Å². The highest BCUT2D eigenvalue weighted by molar-refractivity contribution is 6.04. The Morgan fingerprint density at radius 2 is 1.94 bits per heavy atom. The Balaban J connectivity index is 3.56. The third-order valence-corrected chi connectivity index (χ3v) is 2.71. The average Bonchev–Trinajstić information content (AvgIpc) is 2.35. The molecule has 0 aromatic heterocycles. The monoisotopic (exact) mass is 250 g/mol. The molecule has 0 aliphatic carbocycles. The predicted molar refractivity (Wildman–Crippen MR) is 68.9 cm³/mol. The molecule has 1 aromatic rings. The van der Waals surface area contributed by atoms with E-state index in [0.29, 0.717) is 12.0 Å². The van der Waals surface area contributed by atoms with Crippen LogP contribution in [-0.4, -0.2) is 37.9 Å². The topological polar surface area (TPSA) is 72.6 Å². The number of nitrogens with two attached hydrogens (primary N) is 1. The molecule has 2 amide bonds. The number of primary amides is 1. The van der Waals surface area contributed by atoms with E-state index in [0.717, 1.165) is 5.56 Å². The van der Waals surface area contributed by atoms with Crippen molar-refractivity contribution >= 4 is 11.8 Å². The molecule has 18 heavy (non-hydrogen) atoms. The third-order valence-electron chi connectivity index (χ3n) is 2.71. The highest BCUT2D eigenvalue weighted by Crippen LogP contribution is 2.28. The van der Waals surface area contributed by atoms with Crippen LogP contribution in [0.15, 0.2) is 12.1 Å². The molecule has 0 saturated carbocycles. The van der Waals surface area contributed by atoms with Crippen LogP contribution in [0.3, 0.4) is 0 Å². The van der Waals surface area contributed by atoms with Crippen LogP contribution in [0.25, 0.3) is 0 Å². The molecule has 0 radical (unpaired) electrons. The zero-order valence-corrected chi connectivity index (χ0v) is 11.1. The third kappa shape index (κ3) is 2.45. The molecule has 0 bridgehead atoms. The number of benzene rings is 1. The Kier molecular flexibility index (Phi) is 4.31. The second-order valence-electron chi connectivity index (χ2n) is 4.10. The molecular formula is C13H18N2O3. The fourth-order valence-corrected chi connectivity index (χ4v) is 1.78. The maximum atomic E-state index is 12.2. The molecule has 0 aliphatic heterocycles. The van der Waals surface area contributed by atoms with Gasteiger partial charge < -0.3 is 15.4 Å². The van der Waals surface area contributed by atoms with Crippen LogP contribution in [0.4, 0.5) is 0 Å². The molecule has 1 rings (SSSR count). The SMILES string of the molecule is CCc1ccc(C(N)=O)c(OC)c1C(=O)N(C)C. The van der Waals surface area contributed by atoms with E-state index in [1.807, 2.05) is 6.92 Å². The van der Waals surface area contributed by atoms with Gasteiger partial charge in [0.2, 0.25) is 0 Å². The van der Waals surface area contributed by atoms with Gasteiger partial charge in [-0.25, -0.2) is 0 Å². The highest BCUT2D eigenvalue weighted by atomic mass is 16.5. The van der Waals surface area contributed by atoms with Crippen LogP contribution in [0.2, 0.25) is 0 Å². The van der Waals surface area contributed by atoms with Gasteiger partial charge in [0, 0.05) is 14.1 Å². The molecule has 0 spiro atoms. The maximum Gasteiger partial charge on any atom is 0.257 e. The van der Waals surface area contributed by atoms with Crippen molar-refractivity contribution in [3.63, 3.8) is 0 Å². The van der Waals surface area contributed by atoms with Crippen LogP contribution >= 0.6 is 0 Å². The van der Waals surface area contributed by atoms with Crippen molar-refractivity contribution in [3.05, 3.63) is 28.8 Å². The Labute approximate surface area is 107 Å². The predicted octanol–water partition coefficient (Wildman–Crippen LogP) is 1.06. The molecule has 0 heterocycles. The first-order valence-electron chi connectivity index (χ1n) is 5.65. The number of amides is 2. The Bertz CT molecular complexity index is 481. The lowest BCUT2D eigenvalue weighted by molar-refractivity contribution is 0.0823. The first kappa shape index (κ1) is 14.0. The number of nitrogens with zero attached hydrogens (tertiary/aromatic N) is 1. The van der Waals surface area contributed by atoms with Crippen molar-refractivity contribution in [2.75, 3.05) is 21.2 Å². The van der Waals surface area contributed by atoms with Gasteiger partial charge in [0.15, 0.2) is 0 Å². The van der Waals surface area contributed by atoms with Crippen LogP contribution in [0, 0.1) is 0 Å².